The van der Waals surface area contributed by atoms with Gasteiger partial charge in [-0.2, -0.15) is 4.80 Å². The topological polar surface area (TPSA) is 118 Å². The number of hydrogen-bond donors (Lipinski definition) is 2. The van der Waals surface area contributed by atoms with Crippen LogP contribution in [0.5, 0.6) is 0 Å². The minimum Gasteiger partial charge on any atom is -0.481 e. The molecule has 2 N–H and O–H groups in total. The van der Waals surface area contributed by atoms with Gasteiger partial charge < -0.3 is 10.2 Å². The maximum Gasteiger partial charge on any atom is 0.315 e. The molecule has 0 aliphatic heterocycles. The maximum absolute atomic E-state index is 10.9. The van der Waals surface area contributed by atoms with Gasteiger partial charge >= 0.3 is 11.9 Å². The van der Waals surface area contributed by atoms with Crippen LogP contribution in [-0.4, -0.2) is 42.4 Å². The molecule has 17 heavy (non-hydrogen) atoms. The van der Waals surface area contributed by atoms with Gasteiger partial charge in [-0.15, -0.1) is 10.2 Å². The maximum atomic E-state index is 10.9. The number of carboxylic acid groups (broad SMARTS) is 2. The average molecular weight is 242 g/mol. The van der Waals surface area contributed by atoms with E-state index in [-0.39, 0.29) is 5.82 Å². The van der Waals surface area contributed by atoms with Crippen LogP contribution in [-0.2, 0) is 15.1 Å². The normalized spacial score (nSPS) is 13.4. The third kappa shape index (κ3) is 3.23. The molecule has 0 fully saturated rings. The molecule has 0 bridgehead atoms. The van der Waals surface area contributed by atoms with E-state index in [0.29, 0.717) is 0 Å². The highest BCUT2D eigenvalue weighted by molar-refractivity contribution is 5.81. The Morgan fingerprint density at radius 2 is 1.94 bits per heavy atom. The van der Waals surface area contributed by atoms with E-state index >= 15 is 0 Å². The number of rotatable bonds is 4. The fourth-order valence-corrected chi connectivity index (χ4v) is 1.11. The van der Waals surface area contributed by atoms with Gasteiger partial charge in [-0.3, -0.25) is 9.59 Å². The van der Waals surface area contributed by atoms with Gasteiger partial charge in [0.25, 0.3) is 0 Å². The molecule has 1 unspecified atom stereocenters. The summed E-state index contributed by atoms with van der Waals surface area (Å²) < 4.78 is 0. The van der Waals surface area contributed by atoms with E-state index in [4.69, 9.17) is 10.2 Å². The number of hydrogen-bond acceptors (Lipinski definition) is 5. The summed E-state index contributed by atoms with van der Waals surface area (Å²) in [5.74, 6) is -3.86. The predicted octanol–water partition coefficient (Wildman–Crippen LogP) is 0.0710. The smallest absolute Gasteiger partial charge is 0.315 e. The van der Waals surface area contributed by atoms with E-state index in [1.165, 1.54) is 4.80 Å². The Morgan fingerprint density at radius 1 is 1.35 bits per heavy atom. The monoisotopic (exact) mass is 242 g/mol. The van der Waals surface area contributed by atoms with Crippen LogP contribution in [0.4, 0.5) is 0 Å². The number of aliphatic carboxylic acids is 2. The molecule has 0 radical (unpaired) electrons. The minimum atomic E-state index is -1.28. The molecule has 8 nitrogen and oxygen atoms in total. The summed E-state index contributed by atoms with van der Waals surface area (Å²) >= 11 is 0. The van der Waals surface area contributed by atoms with Gasteiger partial charge in [0, 0.05) is 0 Å². The van der Waals surface area contributed by atoms with Crippen molar-refractivity contribution in [3.05, 3.63) is 5.82 Å². The molecule has 1 aromatic rings. The fourth-order valence-electron chi connectivity index (χ4n) is 1.11. The van der Waals surface area contributed by atoms with Crippen LogP contribution < -0.4 is 0 Å². The Labute approximate surface area is 97.2 Å². The zero-order chi connectivity index (χ0) is 13.2. The van der Waals surface area contributed by atoms with Crippen molar-refractivity contribution in [2.75, 3.05) is 0 Å². The average Bonchev–Trinajstić information content (AvgIpc) is 2.60. The summed E-state index contributed by atoms with van der Waals surface area (Å²) in [5, 5.41) is 28.7. The van der Waals surface area contributed by atoms with Crippen LogP contribution in [0.25, 0.3) is 0 Å². The SMILES string of the molecule is CC(C)(C)n1nnc(C(CC(=O)O)C(=O)O)n1. The minimum absolute atomic E-state index is 0.0881. The Balaban J connectivity index is 3.00. The largest absolute Gasteiger partial charge is 0.481 e. The van der Waals surface area contributed by atoms with Gasteiger partial charge in [-0.25, -0.2) is 0 Å². The zero-order valence-corrected chi connectivity index (χ0v) is 9.78. The summed E-state index contributed by atoms with van der Waals surface area (Å²) in [7, 11) is 0. The molecule has 1 aromatic heterocycles. The van der Waals surface area contributed by atoms with E-state index in [1.807, 2.05) is 20.8 Å². The second kappa shape index (κ2) is 4.48. The lowest BCUT2D eigenvalue weighted by atomic mass is 10.1. The van der Waals surface area contributed by atoms with Crippen molar-refractivity contribution in [3.8, 4) is 0 Å². The molecule has 1 rings (SSSR count). The molecule has 0 amide bonds. The second-order valence-electron chi connectivity index (χ2n) is 4.60. The number of tetrazole rings is 1. The first kappa shape index (κ1) is 13.1. The first-order chi connectivity index (χ1) is 7.71. The van der Waals surface area contributed by atoms with E-state index in [1.54, 1.807) is 0 Å². The number of carbonyl (C=O) groups is 2. The molecule has 8 heteroatoms. The standard InChI is InChI=1S/C9H14N4O4/c1-9(2,3)13-11-7(10-12-13)5(8(16)17)4-6(14)15/h5H,4H2,1-3H3,(H,14,15)(H,16,17). The van der Waals surface area contributed by atoms with Crippen LogP contribution in [0.1, 0.15) is 38.9 Å². The summed E-state index contributed by atoms with van der Waals surface area (Å²) in [5.41, 5.74) is -0.433. The van der Waals surface area contributed by atoms with E-state index in [9.17, 15) is 9.59 Å². The highest BCUT2D eigenvalue weighted by Crippen LogP contribution is 2.17. The third-order valence-corrected chi connectivity index (χ3v) is 2.02. The highest BCUT2D eigenvalue weighted by atomic mass is 16.4. The van der Waals surface area contributed by atoms with Gasteiger partial charge in [0.05, 0.1) is 12.0 Å². The van der Waals surface area contributed by atoms with Crippen LogP contribution in [0, 0.1) is 0 Å². The summed E-state index contributed by atoms with van der Waals surface area (Å²) in [6.45, 7) is 5.47. The van der Waals surface area contributed by atoms with Gasteiger partial charge in [0.2, 0.25) is 0 Å². The van der Waals surface area contributed by atoms with Crippen molar-refractivity contribution in [1.29, 1.82) is 0 Å². The Morgan fingerprint density at radius 3 is 2.29 bits per heavy atom. The summed E-state index contributed by atoms with van der Waals surface area (Å²) in [6, 6.07) is 0. The molecular weight excluding hydrogens is 228 g/mol. The first-order valence-corrected chi connectivity index (χ1v) is 4.97. The molecule has 0 aliphatic rings. The van der Waals surface area contributed by atoms with Crippen molar-refractivity contribution in [2.24, 2.45) is 0 Å². The Bertz CT molecular complexity index is 434. The fraction of sp³-hybridized carbons (Fsp3) is 0.667. The molecule has 0 aromatic carbocycles. The van der Waals surface area contributed by atoms with Crippen molar-refractivity contribution in [3.63, 3.8) is 0 Å². The third-order valence-electron chi connectivity index (χ3n) is 2.02. The Hall–Kier alpha value is -1.99. The van der Waals surface area contributed by atoms with Crippen molar-refractivity contribution < 1.29 is 19.8 Å². The van der Waals surface area contributed by atoms with Crippen LogP contribution in [0.2, 0.25) is 0 Å². The number of nitrogens with zero attached hydrogens (tertiary/aromatic N) is 4. The molecule has 0 saturated carbocycles. The van der Waals surface area contributed by atoms with Crippen LogP contribution in [0.15, 0.2) is 0 Å². The molecule has 0 saturated heterocycles. The molecule has 0 spiro atoms. The molecule has 94 valence electrons. The lowest BCUT2D eigenvalue weighted by molar-refractivity contribution is -0.145. The predicted molar refractivity (Wildman–Crippen MR) is 55.4 cm³/mol. The molecule has 0 aliphatic carbocycles. The van der Waals surface area contributed by atoms with E-state index in [0.717, 1.165) is 0 Å². The van der Waals surface area contributed by atoms with Crippen molar-refractivity contribution in [1.82, 2.24) is 20.2 Å². The molecule has 1 atom stereocenters. The van der Waals surface area contributed by atoms with Crippen molar-refractivity contribution in [2.45, 2.75) is 38.6 Å². The lowest BCUT2D eigenvalue weighted by Crippen LogP contribution is -2.25. The van der Waals surface area contributed by atoms with Crippen LogP contribution >= 0.6 is 0 Å². The Kier molecular flexibility index (Phi) is 3.45. The van der Waals surface area contributed by atoms with E-state index < -0.39 is 29.8 Å². The lowest BCUT2D eigenvalue weighted by Gasteiger charge is -2.15. The summed E-state index contributed by atoms with van der Waals surface area (Å²) in [6.07, 6.45) is -0.564. The summed E-state index contributed by atoms with van der Waals surface area (Å²) in [4.78, 5) is 22.7. The molecular formula is C9H14N4O4. The zero-order valence-electron chi connectivity index (χ0n) is 9.78. The molecule has 1 heterocycles. The van der Waals surface area contributed by atoms with Crippen LogP contribution in [0.3, 0.4) is 0 Å². The van der Waals surface area contributed by atoms with Gasteiger partial charge in [-0.05, 0) is 26.0 Å². The van der Waals surface area contributed by atoms with Gasteiger partial charge in [0.15, 0.2) is 5.82 Å². The second-order valence-corrected chi connectivity index (χ2v) is 4.60. The number of aromatic nitrogens is 4. The van der Waals surface area contributed by atoms with Gasteiger partial charge in [-0.1, -0.05) is 0 Å². The quantitative estimate of drug-likeness (QED) is 0.766. The van der Waals surface area contributed by atoms with Gasteiger partial charge in [0.1, 0.15) is 5.92 Å². The first-order valence-electron chi connectivity index (χ1n) is 4.97. The number of carboxylic acids is 2. The highest BCUT2D eigenvalue weighted by Gasteiger charge is 2.29. The van der Waals surface area contributed by atoms with E-state index in [2.05, 4.69) is 15.4 Å². The van der Waals surface area contributed by atoms with Crippen molar-refractivity contribution >= 4 is 11.9 Å².